The van der Waals surface area contributed by atoms with E-state index in [2.05, 4.69) is 206 Å². The standard InChI is InChI=1S/C48H73NO.C47H73NOSi.4CH3.4ClH.2Zr/c1-6-7-31-49-43-30-27-35(2)33-42(43)44-45(40-25-17-18-26-41(40)46(44)49)48(37-21-13-10-14-22-37,38-23-15-11-16-24-38)39-29-28-36(34-39)20-12-8-9-19-32-50-47(3,4)5;1-46(2,3)49-32-20-8-7-11-21-35-30-31-38(33-35)47(36-22-12-9-13-23-36,37-24-14-10-15-25-37)44-39-26-16-17-27-40(39)45-43(44)41-28-18-19-29-42(41)48(45)34-50(4,5)6;;;;;;;;;;/h10-11,13-16,21-24,35-36,39-46H,6-9,12,17-20,25-34H2,1-5H3;9-10,12-15,22-25,35,38-45H,7-8,11,16-21,26-34H2,1-6H3;4*1H3;4*1H;;/q;;4*-1;;;;;2*+4/p-4. The molecular formula is C99H158Cl4N2O2SiZr2. The molecule has 0 N–H and O–H groups in total. The Balaban J connectivity index is 0.000000276. The van der Waals surface area contributed by atoms with Crippen LogP contribution in [0.25, 0.3) is 0 Å². The van der Waals surface area contributed by atoms with E-state index in [1.807, 2.05) is 0 Å². The van der Waals surface area contributed by atoms with Crippen LogP contribution in [0.15, 0.2) is 121 Å². The Hall–Kier alpha value is -0.137. The first kappa shape index (κ1) is 97.0. The van der Waals surface area contributed by atoms with Crippen molar-refractivity contribution in [3.63, 3.8) is 0 Å². The molecule has 4 aromatic carbocycles. The molecule has 19 atom stereocenters. The van der Waals surface area contributed by atoms with E-state index in [4.69, 9.17) is 43.5 Å². The summed E-state index contributed by atoms with van der Waals surface area (Å²) in [6, 6.07) is 52.3. The van der Waals surface area contributed by atoms with Crippen LogP contribution in [0.4, 0.5) is 0 Å². The molecule has 8 aliphatic carbocycles. The van der Waals surface area contributed by atoms with Gasteiger partial charge >= 0.3 is 75.7 Å². The minimum absolute atomic E-state index is 0. The Bertz CT molecular complexity index is 3070. The number of fused-ring (bicyclic) bond motifs is 10. The first-order valence-electron chi connectivity index (χ1n) is 44.2. The molecule has 10 aliphatic rings. The van der Waals surface area contributed by atoms with Gasteiger partial charge in [0.1, 0.15) is 0 Å². The summed E-state index contributed by atoms with van der Waals surface area (Å²) in [6.07, 6.45) is 48.0. The second-order valence-corrected chi connectivity index (χ2v) is 52.2. The van der Waals surface area contributed by atoms with E-state index in [1.54, 1.807) is 22.3 Å². The molecular weight excluding hydrogens is 1600 g/mol. The molecule has 4 nitrogen and oxygen atoms in total. The zero-order valence-electron chi connectivity index (χ0n) is 72.4. The second-order valence-electron chi connectivity index (χ2n) is 39.3. The summed E-state index contributed by atoms with van der Waals surface area (Å²) < 4.78 is 12.0. The Morgan fingerprint density at radius 1 is 0.400 bits per heavy atom. The molecule has 11 heteroatoms. The topological polar surface area (TPSA) is 24.9 Å². The normalized spacial score (nSPS) is 31.0. The molecule has 8 saturated carbocycles. The molecule has 110 heavy (non-hydrogen) atoms. The van der Waals surface area contributed by atoms with Gasteiger partial charge in [-0.3, -0.25) is 9.80 Å². The number of rotatable bonds is 27. The summed E-state index contributed by atoms with van der Waals surface area (Å²) in [5, 5.41) is 0. The van der Waals surface area contributed by atoms with E-state index in [0.717, 1.165) is 126 Å². The number of ether oxygens (including phenoxy) is 2. The second kappa shape index (κ2) is 46.0. The van der Waals surface area contributed by atoms with Crippen molar-refractivity contribution in [3.05, 3.63) is 173 Å². The molecule has 0 radical (unpaired) electrons. The van der Waals surface area contributed by atoms with E-state index in [0.29, 0.717) is 0 Å². The van der Waals surface area contributed by atoms with Gasteiger partial charge in [-0.15, -0.1) is 0 Å². The molecule has 0 amide bonds. The molecule has 2 saturated heterocycles. The number of halogens is 4. The molecule has 616 valence electrons. The molecule has 4 aromatic rings. The average molecular weight is 1760 g/mol. The Morgan fingerprint density at radius 3 is 1.15 bits per heavy atom. The fourth-order valence-electron chi connectivity index (χ4n) is 26.5. The van der Waals surface area contributed by atoms with Gasteiger partial charge in [0.2, 0.25) is 0 Å². The van der Waals surface area contributed by atoms with Crippen LogP contribution in [-0.2, 0) is 62.0 Å². The van der Waals surface area contributed by atoms with Gasteiger partial charge in [-0.25, -0.2) is 0 Å². The third kappa shape index (κ3) is 23.1. The van der Waals surface area contributed by atoms with Crippen LogP contribution in [0, 0.1) is 118 Å². The number of hydrogen-bond donors (Lipinski definition) is 0. The van der Waals surface area contributed by atoms with Gasteiger partial charge in [-0.05, 0) is 268 Å². The van der Waals surface area contributed by atoms with Crippen molar-refractivity contribution in [2.75, 3.05) is 25.9 Å². The van der Waals surface area contributed by atoms with Crippen LogP contribution in [0.1, 0.15) is 290 Å². The van der Waals surface area contributed by atoms with E-state index in [1.165, 1.54) is 225 Å². The predicted octanol–water partition coefficient (Wildman–Crippen LogP) is 29.4. The maximum absolute atomic E-state index is 6.02. The first-order chi connectivity index (χ1) is 51.2. The monoisotopic (exact) mass is 1750 g/mol. The van der Waals surface area contributed by atoms with Gasteiger partial charge in [0.05, 0.1) is 19.3 Å². The fraction of sp³-hybridized carbons (Fsp3) is 0.717. The van der Waals surface area contributed by atoms with Crippen LogP contribution in [0.2, 0.25) is 19.6 Å². The van der Waals surface area contributed by atoms with Crippen molar-refractivity contribution >= 4 is 42.1 Å². The summed E-state index contributed by atoms with van der Waals surface area (Å²) in [6.45, 7) is 29.2. The van der Waals surface area contributed by atoms with Crippen molar-refractivity contribution in [3.8, 4) is 0 Å². The van der Waals surface area contributed by atoms with Gasteiger partial charge in [-0.2, -0.15) is 0 Å². The van der Waals surface area contributed by atoms with Crippen LogP contribution < -0.4 is 0 Å². The quantitative estimate of drug-likeness (QED) is 0.0337. The maximum atomic E-state index is 6.02. The van der Waals surface area contributed by atoms with Crippen LogP contribution in [0.3, 0.4) is 0 Å². The molecule has 0 bridgehead atoms. The Morgan fingerprint density at radius 2 is 0.755 bits per heavy atom. The summed E-state index contributed by atoms with van der Waals surface area (Å²) in [7, 11) is 18.5. The van der Waals surface area contributed by atoms with Crippen LogP contribution in [-0.4, -0.2) is 79.2 Å². The fourth-order valence-corrected chi connectivity index (χ4v) is 28.1. The molecule has 2 aliphatic heterocycles. The third-order valence-corrected chi connectivity index (χ3v) is 30.9. The Kier molecular flexibility index (Phi) is 40.6. The van der Waals surface area contributed by atoms with Crippen molar-refractivity contribution < 1.29 is 51.2 Å². The number of unbranched alkanes of at least 4 members (excludes halogenated alkanes) is 7. The minimum atomic E-state index is -1.26. The van der Waals surface area contributed by atoms with Crippen LogP contribution >= 0.6 is 34.1 Å². The molecule has 10 fully saturated rings. The van der Waals surface area contributed by atoms with Crippen molar-refractivity contribution in [1.82, 2.24) is 9.80 Å². The summed E-state index contributed by atoms with van der Waals surface area (Å²) >= 11 is -1.65. The number of hydrogen-bond acceptors (Lipinski definition) is 4. The SMILES string of the molecule is CC(C)(C)OCCCCCCC1CCC(C(c2ccccc2)(c2ccccc2)C2C3CCCCC3C3C2C2CCCCC2N3C[Si](C)(C)C)C1.CCCCN1C2CCC(C)CC2C2C1C1CCCCC1C2C(c1ccccc1)(c1ccccc1)C1CCC(CCCCCCOC(C)(C)C)C1.[CH3-].[CH3-].[CH3-].[CH3-].[Cl][Zr+2][Cl].[Cl][Zr+2][Cl]. The van der Waals surface area contributed by atoms with E-state index in [-0.39, 0.29) is 51.7 Å². The first-order valence-corrected chi connectivity index (χ1v) is 60.5. The van der Waals surface area contributed by atoms with E-state index >= 15 is 0 Å². The van der Waals surface area contributed by atoms with Crippen molar-refractivity contribution in [2.24, 2.45) is 88.8 Å². The summed E-state index contributed by atoms with van der Waals surface area (Å²) in [4.78, 5) is 6.47. The number of nitrogens with zero attached hydrogens (tertiary/aromatic N) is 2. The predicted molar refractivity (Wildman–Crippen MR) is 476 cm³/mol. The molecule has 2 heterocycles. The van der Waals surface area contributed by atoms with E-state index < -0.39 is 49.8 Å². The van der Waals surface area contributed by atoms with Gasteiger partial charge in [0.25, 0.3) is 0 Å². The van der Waals surface area contributed by atoms with E-state index in [9.17, 15) is 0 Å². The van der Waals surface area contributed by atoms with Gasteiger partial charge in [0.15, 0.2) is 0 Å². The van der Waals surface area contributed by atoms with Crippen molar-refractivity contribution in [1.29, 1.82) is 0 Å². The molecule has 14 rings (SSSR count). The Labute approximate surface area is 717 Å². The van der Waals surface area contributed by atoms with Gasteiger partial charge in [-0.1, -0.05) is 264 Å². The number of benzene rings is 4. The summed E-state index contributed by atoms with van der Waals surface area (Å²) in [5.74, 6) is 12.6. The third-order valence-electron chi connectivity index (χ3n) is 29.6. The van der Waals surface area contributed by atoms with Gasteiger partial charge in [0, 0.05) is 48.2 Å². The van der Waals surface area contributed by atoms with Gasteiger partial charge < -0.3 is 39.2 Å². The molecule has 19 unspecified atom stereocenters. The molecule has 0 aromatic heterocycles. The zero-order valence-corrected chi connectivity index (χ0v) is 81.3. The molecule has 0 spiro atoms. The number of likely N-dealkylation sites (tertiary alicyclic amines) is 2. The van der Waals surface area contributed by atoms with Crippen molar-refractivity contribution in [2.45, 2.75) is 333 Å². The van der Waals surface area contributed by atoms with Crippen LogP contribution in [0.5, 0.6) is 0 Å². The zero-order chi connectivity index (χ0) is 75.1. The average Bonchev–Trinajstić information content (AvgIpc) is 1.52. The summed E-state index contributed by atoms with van der Waals surface area (Å²) in [5.41, 5.74) is 6.86.